The number of amides is 1. The first kappa shape index (κ1) is 22.2. The van der Waals surface area contributed by atoms with Crippen LogP contribution < -0.4 is 19.5 Å². The molecular weight excluding hydrogens is 420 g/mol. The van der Waals surface area contributed by atoms with Gasteiger partial charge in [0.2, 0.25) is 0 Å². The summed E-state index contributed by atoms with van der Waals surface area (Å²) in [6.07, 6.45) is 0. The highest BCUT2D eigenvalue weighted by molar-refractivity contribution is 6.01. The molecule has 33 heavy (non-hydrogen) atoms. The quantitative estimate of drug-likeness (QED) is 0.411. The van der Waals surface area contributed by atoms with Crippen molar-refractivity contribution in [3.8, 4) is 17.2 Å². The SMILES string of the molecule is COc1ccc(CNC(=O)c2cc3ccccc3cc2OCc2c(C)noc2C)cc1OC. The monoisotopic (exact) mass is 446 g/mol. The number of methoxy groups -OCH3 is 2. The summed E-state index contributed by atoms with van der Waals surface area (Å²) in [7, 11) is 3.17. The zero-order valence-electron chi connectivity index (χ0n) is 19.1. The number of nitrogens with zero attached hydrogens (tertiary/aromatic N) is 1. The number of aryl methyl sites for hydroxylation is 2. The van der Waals surface area contributed by atoms with Crippen LogP contribution in [-0.2, 0) is 13.2 Å². The first-order valence-corrected chi connectivity index (χ1v) is 10.6. The molecule has 4 rings (SSSR count). The molecule has 0 aliphatic carbocycles. The molecule has 1 heterocycles. The van der Waals surface area contributed by atoms with Crippen molar-refractivity contribution < 1.29 is 23.5 Å². The van der Waals surface area contributed by atoms with E-state index in [1.54, 1.807) is 14.2 Å². The number of carbonyl (C=O) groups is 1. The topological polar surface area (TPSA) is 82.8 Å². The summed E-state index contributed by atoms with van der Waals surface area (Å²) in [5, 5.41) is 8.90. The number of aromatic nitrogens is 1. The van der Waals surface area contributed by atoms with Crippen LogP contribution in [0.2, 0.25) is 0 Å². The van der Waals surface area contributed by atoms with Crippen LogP contribution in [0.5, 0.6) is 17.2 Å². The minimum atomic E-state index is -0.232. The molecule has 0 saturated carbocycles. The maximum Gasteiger partial charge on any atom is 0.255 e. The third-order valence-corrected chi connectivity index (χ3v) is 5.55. The van der Waals surface area contributed by atoms with E-state index in [4.69, 9.17) is 18.7 Å². The van der Waals surface area contributed by atoms with Gasteiger partial charge in [-0.1, -0.05) is 35.5 Å². The van der Waals surface area contributed by atoms with Crippen LogP contribution in [0.4, 0.5) is 0 Å². The van der Waals surface area contributed by atoms with Gasteiger partial charge in [-0.3, -0.25) is 4.79 Å². The largest absolute Gasteiger partial charge is 0.493 e. The molecule has 1 N–H and O–H groups in total. The molecule has 1 amide bonds. The Balaban J connectivity index is 1.58. The summed E-state index contributed by atoms with van der Waals surface area (Å²) in [4.78, 5) is 13.2. The van der Waals surface area contributed by atoms with Crippen LogP contribution in [0, 0.1) is 13.8 Å². The molecule has 7 nitrogen and oxygen atoms in total. The highest BCUT2D eigenvalue weighted by atomic mass is 16.5. The van der Waals surface area contributed by atoms with Crippen molar-refractivity contribution in [2.45, 2.75) is 27.0 Å². The molecule has 0 bridgehead atoms. The van der Waals surface area contributed by atoms with Crippen LogP contribution in [0.1, 0.15) is 32.9 Å². The number of rotatable bonds is 8. The molecule has 1 aromatic heterocycles. The summed E-state index contributed by atoms with van der Waals surface area (Å²) < 4.78 is 21.9. The van der Waals surface area contributed by atoms with E-state index in [9.17, 15) is 4.79 Å². The molecule has 0 aliphatic heterocycles. The fraction of sp³-hybridized carbons (Fsp3) is 0.231. The van der Waals surface area contributed by atoms with Crippen molar-refractivity contribution in [2.75, 3.05) is 14.2 Å². The van der Waals surface area contributed by atoms with E-state index >= 15 is 0 Å². The summed E-state index contributed by atoms with van der Waals surface area (Å²) in [6.45, 7) is 4.30. The van der Waals surface area contributed by atoms with Crippen LogP contribution >= 0.6 is 0 Å². The van der Waals surface area contributed by atoms with E-state index in [-0.39, 0.29) is 12.5 Å². The smallest absolute Gasteiger partial charge is 0.255 e. The number of benzene rings is 3. The van der Waals surface area contributed by atoms with Crippen LogP contribution in [0.25, 0.3) is 10.8 Å². The Morgan fingerprint density at radius 2 is 1.67 bits per heavy atom. The van der Waals surface area contributed by atoms with Gasteiger partial charge in [0.1, 0.15) is 18.1 Å². The minimum absolute atomic E-state index is 0.232. The molecule has 0 saturated heterocycles. The lowest BCUT2D eigenvalue weighted by Crippen LogP contribution is -2.23. The van der Waals surface area contributed by atoms with E-state index in [0.717, 1.165) is 27.6 Å². The first-order valence-electron chi connectivity index (χ1n) is 10.6. The zero-order chi connectivity index (χ0) is 23.4. The van der Waals surface area contributed by atoms with Gasteiger partial charge in [-0.2, -0.15) is 0 Å². The highest BCUT2D eigenvalue weighted by Gasteiger charge is 2.17. The summed E-state index contributed by atoms with van der Waals surface area (Å²) in [6, 6.07) is 17.1. The average molecular weight is 447 g/mol. The van der Waals surface area contributed by atoms with Crippen molar-refractivity contribution in [2.24, 2.45) is 0 Å². The fourth-order valence-electron chi connectivity index (χ4n) is 3.64. The minimum Gasteiger partial charge on any atom is -0.493 e. The third kappa shape index (κ3) is 4.77. The average Bonchev–Trinajstić information content (AvgIpc) is 3.17. The van der Waals surface area contributed by atoms with Crippen molar-refractivity contribution in [1.29, 1.82) is 0 Å². The highest BCUT2D eigenvalue weighted by Crippen LogP contribution is 2.29. The molecule has 0 unspecified atom stereocenters. The van der Waals surface area contributed by atoms with E-state index in [0.29, 0.717) is 35.1 Å². The zero-order valence-corrected chi connectivity index (χ0v) is 19.1. The lowest BCUT2D eigenvalue weighted by atomic mass is 10.0. The summed E-state index contributed by atoms with van der Waals surface area (Å²) in [5.74, 6) is 2.21. The molecule has 170 valence electrons. The lowest BCUT2D eigenvalue weighted by molar-refractivity contribution is 0.0946. The maximum absolute atomic E-state index is 13.2. The molecular formula is C26H26N2O5. The van der Waals surface area contributed by atoms with Gasteiger partial charge in [-0.05, 0) is 54.4 Å². The van der Waals surface area contributed by atoms with E-state index in [1.807, 2.05) is 68.4 Å². The van der Waals surface area contributed by atoms with Crippen molar-refractivity contribution in [1.82, 2.24) is 10.5 Å². The van der Waals surface area contributed by atoms with Gasteiger partial charge in [0, 0.05) is 6.54 Å². The van der Waals surface area contributed by atoms with E-state index < -0.39 is 0 Å². The van der Waals surface area contributed by atoms with Crippen LogP contribution in [-0.4, -0.2) is 25.3 Å². The van der Waals surface area contributed by atoms with Crippen molar-refractivity contribution in [3.63, 3.8) is 0 Å². The number of fused-ring (bicyclic) bond motifs is 1. The van der Waals surface area contributed by atoms with Gasteiger partial charge >= 0.3 is 0 Å². The number of carbonyl (C=O) groups excluding carboxylic acids is 1. The number of hydrogen-bond donors (Lipinski definition) is 1. The Bertz CT molecular complexity index is 1280. The predicted molar refractivity (Wildman–Crippen MR) is 125 cm³/mol. The van der Waals surface area contributed by atoms with Gasteiger partial charge in [0.25, 0.3) is 5.91 Å². The molecule has 7 heteroatoms. The van der Waals surface area contributed by atoms with Gasteiger partial charge in [0.15, 0.2) is 11.5 Å². The predicted octanol–water partition coefficient (Wildman–Crippen LogP) is 4.97. The summed E-state index contributed by atoms with van der Waals surface area (Å²) >= 11 is 0. The Morgan fingerprint density at radius 3 is 2.33 bits per heavy atom. The molecule has 0 atom stereocenters. The Labute approximate surface area is 192 Å². The normalized spacial score (nSPS) is 10.8. The Hall–Kier alpha value is -4.00. The number of ether oxygens (including phenoxy) is 3. The molecule has 0 fully saturated rings. The Morgan fingerprint density at radius 1 is 0.939 bits per heavy atom. The van der Waals surface area contributed by atoms with Gasteiger partial charge < -0.3 is 24.1 Å². The van der Waals surface area contributed by atoms with Gasteiger partial charge in [0.05, 0.1) is 31.0 Å². The third-order valence-electron chi connectivity index (χ3n) is 5.55. The first-order chi connectivity index (χ1) is 16.0. The standard InChI is InChI=1S/C26H26N2O5/c1-16-22(17(2)33-28-16)15-32-24-13-20-8-6-5-7-19(20)12-21(24)26(29)27-14-18-9-10-23(30-3)25(11-18)31-4/h5-13H,14-15H2,1-4H3,(H,27,29). The summed E-state index contributed by atoms with van der Waals surface area (Å²) in [5.41, 5.74) is 2.99. The van der Waals surface area contributed by atoms with Crippen LogP contribution in [0.15, 0.2) is 59.1 Å². The molecule has 0 aliphatic rings. The molecule has 0 radical (unpaired) electrons. The fourth-order valence-corrected chi connectivity index (χ4v) is 3.64. The number of nitrogens with one attached hydrogen (secondary N) is 1. The molecule has 4 aromatic rings. The van der Waals surface area contributed by atoms with Gasteiger partial charge in [-0.15, -0.1) is 0 Å². The second-order valence-electron chi connectivity index (χ2n) is 7.66. The van der Waals surface area contributed by atoms with Gasteiger partial charge in [-0.25, -0.2) is 0 Å². The van der Waals surface area contributed by atoms with Crippen molar-refractivity contribution in [3.05, 3.63) is 82.7 Å². The second-order valence-corrected chi connectivity index (χ2v) is 7.66. The molecule has 3 aromatic carbocycles. The Kier molecular flexibility index (Phi) is 6.49. The lowest BCUT2D eigenvalue weighted by Gasteiger charge is -2.14. The van der Waals surface area contributed by atoms with E-state index in [1.165, 1.54) is 0 Å². The van der Waals surface area contributed by atoms with E-state index in [2.05, 4.69) is 10.5 Å². The maximum atomic E-state index is 13.2. The molecule has 0 spiro atoms. The second kappa shape index (κ2) is 9.65. The van der Waals surface area contributed by atoms with Crippen LogP contribution in [0.3, 0.4) is 0 Å². The number of hydrogen-bond acceptors (Lipinski definition) is 6. The van der Waals surface area contributed by atoms with Crippen molar-refractivity contribution >= 4 is 16.7 Å².